The highest BCUT2D eigenvalue weighted by Gasteiger charge is 2.24. The van der Waals surface area contributed by atoms with Gasteiger partial charge in [-0.05, 0) is 61.1 Å². The van der Waals surface area contributed by atoms with Gasteiger partial charge in [0, 0.05) is 11.8 Å². The fourth-order valence-electron chi connectivity index (χ4n) is 3.74. The zero-order valence-electron chi connectivity index (χ0n) is 16.1. The summed E-state index contributed by atoms with van der Waals surface area (Å²) in [5.74, 6) is 0.0223. The number of nitrogens with two attached hydrogens (primary N) is 1. The van der Waals surface area contributed by atoms with Crippen LogP contribution in [0.5, 0.6) is 5.75 Å². The molecule has 1 atom stereocenters. The topological polar surface area (TPSA) is 102 Å². The summed E-state index contributed by atoms with van der Waals surface area (Å²) in [5.41, 5.74) is 9.37. The number of ether oxygens (including phenoxy) is 1. The van der Waals surface area contributed by atoms with Gasteiger partial charge in [-0.2, -0.15) is 5.26 Å². The molecule has 0 saturated heterocycles. The number of nitrogen functional groups attached to an aromatic ring is 1. The number of nitrogens with zero attached hydrogens (tertiary/aromatic N) is 3. The van der Waals surface area contributed by atoms with Crippen molar-refractivity contribution in [3.8, 4) is 11.8 Å². The average Bonchev–Trinajstić information content (AvgIpc) is 3.20. The number of aryl methyl sites for hydroxylation is 2. The molecular formula is C23H22N4O2. The van der Waals surface area contributed by atoms with E-state index in [0.29, 0.717) is 23.9 Å². The van der Waals surface area contributed by atoms with Crippen LogP contribution in [-0.2, 0) is 17.6 Å². The first-order valence-corrected chi connectivity index (χ1v) is 9.85. The van der Waals surface area contributed by atoms with Crippen molar-refractivity contribution in [1.82, 2.24) is 9.97 Å². The number of fused-ring (bicyclic) bond motifs is 2. The van der Waals surface area contributed by atoms with Crippen molar-refractivity contribution in [2.45, 2.75) is 38.0 Å². The van der Waals surface area contributed by atoms with E-state index in [1.807, 2.05) is 30.3 Å². The molecule has 0 amide bonds. The Morgan fingerprint density at radius 3 is 2.86 bits per heavy atom. The van der Waals surface area contributed by atoms with E-state index in [9.17, 15) is 10.1 Å². The molecule has 1 unspecified atom stereocenters. The van der Waals surface area contributed by atoms with Crippen molar-refractivity contribution in [2.75, 3.05) is 12.3 Å². The van der Waals surface area contributed by atoms with Gasteiger partial charge in [-0.3, -0.25) is 4.79 Å². The molecule has 3 aromatic rings. The fraction of sp³-hybridized carbons (Fsp3) is 0.304. The maximum absolute atomic E-state index is 12.6. The summed E-state index contributed by atoms with van der Waals surface area (Å²) in [5, 5.41) is 10.2. The third-order valence-corrected chi connectivity index (χ3v) is 5.27. The number of nitriles is 1. The van der Waals surface area contributed by atoms with E-state index in [4.69, 9.17) is 10.5 Å². The van der Waals surface area contributed by atoms with E-state index in [1.54, 1.807) is 6.07 Å². The summed E-state index contributed by atoms with van der Waals surface area (Å²) in [6.07, 6.45) is 4.19. The van der Waals surface area contributed by atoms with Crippen molar-refractivity contribution >= 4 is 22.5 Å². The molecule has 6 nitrogen and oxygen atoms in total. The van der Waals surface area contributed by atoms with E-state index in [-0.39, 0.29) is 23.8 Å². The first kappa shape index (κ1) is 18.9. The first-order valence-electron chi connectivity index (χ1n) is 9.85. The summed E-state index contributed by atoms with van der Waals surface area (Å²) in [6.45, 7) is 0.420. The van der Waals surface area contributed by atoms with E-state index < -0.39 is 5.92 Å². The lowest BCUT2D eigenvalue weighted by Crippen LogP contribution is -2.16. The summed E-state index contributed by atoms with van der Waals surface area (Å²) < 4.78 is 5.79. The molecule has 1 aliphatic rings. The highest BCUT2D eigenvalue weighted by molar-refractivity contribution is 5.91. The van der Waals surface area contributed by atoms with Crippen LogP contribution < -0.4 is 10.5 Å². The second-order valence-electron chi connectivity index (χ2n) is 7.25. The van der Waals surface area contributed by atoms with Crippen molar-refractivity contribution < 1.29 is 9.53 Å². The lowest BCUT2D eigenvalue weighted by atomic mass is 10.0. The van der Waals surface area contributed by atoms with Crippen LogP contribution in [0.1, 0.15) is 42.1 Å². The fourth-order valence-corrected chi connectivity index (χ4v) is 3.74. The molecule has 0 aliphatic heterocycles. The van der Waals surface area contributed by atoms with Crippen LogP contribution in [0.15, 0.2) is 42.5 Å². The molecule has 4 rings (SSSR count). The molecule has 2 N–H and O–H groups in total. The van der Waals surface area contributed by atoms with E-state index in [1.165, 1.54) is 17.5 Å². The summed E-state index contributed by atoms with van der Waals surface area (Å²) in [6, 6.07) is 15.5. The lowest BCUT2D eigenvalue weighted by Gasteiger charge is -2.11. The summed E-state index contributed by atoms with van der Waals surface area (Å²) in [7, 11) is 0. The molecule has 1 aromatic heterocycles. The molecule has 2 aromatic carbocycles. The zero-order chi connectivity index (χ0) is 20.2. The molecule has 1 aliphatic carbocycles. The van der Waals surface area contributed by atoms with Crippen molar-refractivity contribution in [1.29, 1.82) is 5.26 Å². The number of rotatable bonds is 7. The molecule has 146 valence electrons. The first-order chi connectivity index (χ1) is 14.2. The molecular weight excluding hydrogens is 364 g/mol. The van der Waals surface area contributed by atoms with Crippen LogP contribution in [0.4, 0.5) is 5.82 Å². The quantitative estimate of drug-likeness (QED) is 0.621. The van der Waals surface area contributed by atoms with E-state index >= 15 is 0 Å². The standard InChI is InChI=1S/C23H22N4O2/c24-14-19(23-26-20-8-2-1-7-18(20)22(25)27-23)21(28)9-4-12-29-17-11-10-15-5-3-6-16(15)13-17/h1-2,7-8,10-11,13,19H,3-6,9,12H2,(H2,25,26,27). The maximum Gasteiger partial charge on any atom is 0.164 e. The van der Waals surface area contributed by atoms with Gasteiger partial charge < -0.3 is 10.5 Å². The Kier molecular flexibility index (Phi) is 5.39. The average molecular weight is 386 g/mol. The number of hydrogen-bond donors (Lipinski definition) is 1. The van der Waals surface area contributed by atoms with Gasteiger partial charge in [-0.1, -0.05) is 18.2 Å². The molecule has 0 spiro atoms. The smallest absolute Gasteiger partial charge is 0.164 e. The third-order valence-electron chi connectivity index (χ3n) is 5.27. The minimum atomic E-state index is -1.03. The van der Waals surface area contributed by atoms with Crippen LogP contribution in [0.2, 0.25) is 0 Å². The number of benzene rings is 2. The maximum atomic E-state index is 12.6. The van der Waals surface area contributed by atoms with Crippen LogP contribution >= 0.6 is 0 Å². The highest BCUT2D eigenvalue weighted by atomic mass is 16.5. The Bertz CT molecular complexity index is 1100. The summed E-state index contributed by atoms with van der Waals surface area (Å²) >= 11 is 0. The predicted octanol–water partition coefficient (Wildman–Crippen LogP) is 3.74. The lowest BCUT2D eigenvalue weighted by molar-refractivity contribution is -0.119. The number of para-hydroxylation sites is 1. The van der Waals surface area contributed by atoms with Gasteiger partial charge in [0.15, 0.2) is 17.5 Å². The van der Waals surface area contributed by atoms with Crippen LogP contribution in [0.3, 0.4) is 0 Å². The number of aromatic nitrogens is 2. The SMILES string of the molecule is N#CC(C(=O)CCCOc1ccc2c(c1)CCC2)c1nc(N)c2ccccc2n1. The van der Waals surface area contributed by atoms with Crippen molar-refractivity contribution in [3.05, 3.63) is 59.4 Å². The Morgan fingerprint density at radius 2 is 2.00 bits per heavy atom. The van der Waals surface area contributed by atoms with Gasteiger partial charge in [0.1, 0.15) is 11.6 Å². The number of carbonyl (C=O) groups excluding carboxylic acids is 1. The van der Waals surface area contributed by atoms with Crippen molar-refractivity contribution in [2.24, 2.45) is 0 Å². The van der Waals surface area contributed by atoms with Crippen LogP contribution in [0, 0.1) is 11.3 Å². The molecule has 0 fully saturated rings. The Hall–Kier alpha value is -3.46. The van der Waals surface area contributed by atoms with Gasteiger partial charge in [0.25, 0.3) is 0 Å². The Balaban J connectivity index is 1.36. The number of anilines is 1. The normalized spacial score (nSPS) is 13.6. The molecule has 6 heteroatoms. The summed E-state index contributed by atoms with van der Waals surface area (Å²) in [4.78, 5) is 21.2. The number of Topliss-reactive ketones (excluding diaryl/α,β-unsaturated/α-hetero) is 1. The van der Waals surface area contributed by atoms with Gasteiger partial charge >= 0.3 is 0 Å². The van der Waals surface area contributed by atoms with Crippen LogP contribution in [0.25, 0.3) is 10.9 Å². The molecule has 29 heavy (non-hydrogen) atoms. The molecule has 0 bridgehead atoms. The molecule has 0 radical (unpaired) electrons. The van der Waals surface area contributed by atoms with Gasteiger partial charge in [-0.15, -0.1) is 0 Å². The molecule has 1 heterocycles. The largest absolute Gasteiger partial charge is 0.494 e. The third kappa shape index (κ3) is 4.04. The van der Waals surface area contributed by atoms with Crippen molar-refractivity contribution in [3.63, 3.8) is 0 Å². The highest BCUT2D eigenvalue weighted by Crippen LogP contribution is 2.26. The number of ketones is 1. The van der Waals surface area contributed by atoms with Crippen LogP contribution in [-0.4, -0.2) is 22.4 Å². The van der Waals surface area contributed by atoms with Gasteiger partial charge in [0.2, 0.25) is 0 Å². The molecule has 0 saturated carbocycles. The second kappa shape index (κ2) is 8.27. The monoisotopic (exact) mass is 386 g/mol. The number of hydrogen-bond acceptors (Lipinski definition) is 6. The van der Waals surface area contributed by atoms with Gasteiger partial charge in [0.05, 0.1) is 18.2 Å². The predicted molar refractivity (Wildman–Crippen MR) is 111 cm³/mol. The van der Waals surface area contributed by atoms with E-state index in [0.717, 1.165) is 18.6 Å². The zero-order valence-corrected chi connectivity index (χ0v) is 16.1. The van der Waals surface area contributed by atoms with Gasteiger partial charge in [-0.25, -0.2) is 9.97 Å². The second-order valence-corrected chi connectivity index (χ2v) is 7.25. The Labute approximate surface area is 169 Å². The number of carbonyl (C=O) groups is 1. The Morgan fingerprint density at radius 1 is 1.17 bits per heavy atom. The van der Waals surface area contributed by atoms with E-state index in [2.05, 4.69) is 22.1 Å². The minimum absolute atomic E-state index is 0.160. The minimum Gasteiger partial charge on any atom is -0.494 e.